The third-order valence-electron chi connectivity index (χ3n) is 4.63. The summed E-state index contributed by atoms with van der Waals surface area (Å²) in [5.74, 6) is 1.10. The number of methoxy groups -OCH3 is 2. The van der Waals surface area contributed by atoms with Gasteiger partial charge in [-0.15, -0.1) is 0 Å². The summed E-state index contributed by atoms with van der Waals surface area (Å²) in [7, 11) is -0.870. The molecule has 11 heteroatoms. The lowest BCUT2D eigenvalue weighted by atomic mass is 10.2. The molecule has 3 rings (SSSR count). The van der Waals surface area contributed by atoms with Gasteiger partial charge in [0.05, 0.1) is 24.7 Å². The molecule has 0 bridgehead atoms. The fourth-order valence-corrected chi connectivity index (χ4v) is 4.46. The minimum absolute atomic E-state index is 0.0799. The number of hydrogen-bond acceptors (Lipinski definition) is 6. The van der Waals surface area contributed by atoms with E-state index in [-0.39, 0.29) is 18.0 Å². The number of alkyl halides is 3. The van der Waals surface area contributed by atoms with E-state index in [1.165, 1.54) is 42.8 Å². The summed E-state index contributed by atoms with van der Waals surface area (Å²) in [6.45, 7) is 0.981. The van der Waals surface area contributed by atoms with Crippen molar-refractivity contribution in [1.29, 1.82) is 0 Å². The van der Waals surface area contributed by atoms with Gasteiger partial charge in [-0.25, -0.2) is 13.4 Å². The van der Waals surface area contributed by atoms with E-state index < -0.39 is 21.8 Å². The number of halogens is 3. The van der Waals surface area contributed by atoms with Gasteiger partial charge in [-0.3, -0.25) is 0 Å². The van der Waals surface area contributed by atoms with Crippen LogP contribution in [0, 0.1) is 0 Å². The van der Waals surface area contributed by atoms with Crippen molar-refractivity contribution in [3.63, 3.8) is 0 Å². The van der Waals surface area contributed by atoms with Crippen LogP contribution >= 0.6 is 0 Å². The lowest BCUT2D eigenvalue weighted by molar-refractivity contribution is -0.137. The predicted molar refractivity (Wildman–Crippen MR) is 99.8 cm³/mol. The van der Waals surface area contributed by atoms with Crippen molar-refractivity contribution in [2.24, 2.45) is 0 Å². The van der Waals surface area contributed by atoms with Crippen LogP contribution in [-0.2, 0) is 16.2 Å². The van der Waals surface area contributed by atoms with Gasteiger partial charge in [0.1, 0.15) is 5.82 Å². The highest BCUT2D eigenvalue weighted by molar-refractivity contribution is 7.89. The largest absolute Gasteiger partial charge is 0.493 e. The van der Waals surface area contributed by atoms with Gasteiger partial charge >= 0.3 is 6.18 Å². The Labute approximate surface area is 166 Å². The summed E-state index contributed by atoms with van der Waals surface area (Å²) in [4.78, 5) is 5.69. The molecule has 0 aliphatic carbocycles. The van der Waals surface area contributed by atoms with Crippen LogP contribution in [0.2, 0.25) is 0 Å². The zero-order chi connectivity index (χ0) is 21.2. The van der Waals surface area contributed by atoms with Gasteiger partial charge in [-0.2, -0.15) is 17.5 Å². The Morgan fingerprint density at radius 1 is 0.966 bits per heavy atom. The highest BCUT2D eigenvalue weighted by atomic mass is 32.2. The van der Waals surface area contributed by atoms with Gasteiger partial charge in [0.25, 0.3) is 0 Å². The molecule has 7 nitrogen and oxygen atoms in total. The number of benzene rings is 1. The van der Waals surface area contributed by atoms with E-state index >= 15 is 0 Å². The number of nitrogens with zero attached hydrogens (tertiary/aromatic N) is 3. The Kier molecular flexibility index (Phi) is 5.90. The monoisotopic (exact) mass is 431 g/mol. The molecule has 2 aromatic rings. The van der Waals surface area contributed by atoms with E-state index in [0.717, 1.165) is 12.3 Å². The van der Waals surface area contributed by atoms with Crippen LogP contribution in [0.4, 0.5) is 19.0 Å². The normalized spacial score (nSPS) is 16.0. The topological polar surface area (TPSA) is 72.0 Å². The maximum atomic E-state index is 12.9. The molecule has 1 aliphatic rings. The molecular formula is C18H20F3N3O4S. The lowest BCUT2D eigenvalue weighted by Crippen LogP contribution is -2.48. The first-order chi connectivity index (χ1) is 13.7. The summed E-state index contributed by atoms with van der Waals surface area (Å²) in [5.41, 5.74) is -0.823. The molecule has 0 saturated carbocycles. The number of rotatable bonds is 5. The molecule has 1 aromatic carbocycles. The molecule has 0 unspecified atom stereocenters. The second-order valence-electron chi connectivity index (χ2n) is 6.31. The first-order valence-electron chi connectivity index (χ1n) is 8.67. The number of pyridine rings is 1. The Bertz CT molecular complexity index is 957. The number of hydrogen-bond donors (Lipinski definition) is 0. The predicted octanol–water partition coefficient (Wildman–Crippen LogP) is 2.63. The second-order valence-corrected chi connectivity index (χ2v) is 8.25. The third-order valence-corrected chi connectivity index (χ3v) is 6.53. The third kappa shape index (κ3) is 4.40. The molecule has 158 valence electrons. The number of anilines is 1. The maximum absolute atomic E-state index is 12.9. The zero-order valence-corrected chi connectivity index (χ0v) is 16.6. The molecular weight excluding hydrogens is 411 g/mol. The van der Waals surface area contributed by atoms with Crippen LogP contribution in [0.3, 0.4) is 0 Å². The number of piperazine rings is 1. The van der Waals surface area contributed by atoms with E-state index in [1.54, 1.807) is 4.90 Å². The molecule has 0 N–H and O–H groups in total. The van der Waals surface area contributed by atoms with Crippen LogP contribution in [0.5, 0.6) is 11.5 Å². The zero-order valence-electron chi connectivity index (χ0n) is 15.8. The fourth-order valence-electron chi connectivity index (χ4n) is 3.02. The summed E-state index contributed by atoms with van der Waals surface area (Å²) >= 11 is 0. The summed E-state index contributed by atoms with van der Waals surface area (Å²) in [5, 5.41) is 0. The summed E-state index contributed by atoms with van der Waals surface area (Å²) in [6.07, 6.45) is -3.67. The average Bonchev–Trinajstić information content (AvgIpc) is 2.72. The molecule has 1 aromatic heterocycles. The van der Waals surface area contributed by atoms with Crippen LogP contribution in [-0.4, -0.2) is 58.1 Å². The van der Waals surface area contributed by atoms with Crippen LogP contribution in [0.1, 0.15) is 5.56 Å². The Hall–Kier alpha value is -2.53. The summed E-state index contributed by atoms with van der Waals surface area (Å²) < 4.78 is 75.5. The van der Waals surface area contributed by atoms with Crippen molar-refractivity contribution < 1.29 is 31.1 Å². The molecule has 29 heavy (non-hydrogen) atoms. The molecule has 0 radical (unpaired) electrons. The summed E-state index contributed by atoms with van der Waals surface area (Å²) in [6, 6.07) is 6.63. The SMILES string of the molecule is COc1ccc(S(=O)(=O)N2CCN(c3ccc(C(F)(F)F)cn3)CC2)cc1OC. The molecule has 2 heterocycles. The van der Waals surface area contributed by atoms with Crippen molar-refractivity contribution in [3.8, 4) is 11.5 Å². The molecule has 0 amide bonds. The smallest absolute Gasteiger partial charge is 0.417 e. The number of aromatic nitrogens is 1. The molecule has 1 aliphatic heterocycles. The van der Waals surface area contributed by atoms with E-state index in [1.807, 2.05) is 0 Å². The van der Waals surface area contributed by atoms with Gasteiger partial charge in [0.2, 0.25) is 10.0 Å². The minimum atomic E-state index is -4.45. The number of ether oxygens (including phenoxy) is 2. The Morgan fingerprint density at radius 2 is 1.62 bits per heavy atom. The van der Waals surface area contributed by atoms with Gasteiger partial charge in [0, 0.05) is 38.4 Å². The van der Waals surface area contributed by atoms with Crippen molar-refractivity contribution in [2.45, 2.75) is 11.1 Å². The fraction of sp³-hybridized carbons (Fsp3) is 0.389. The second kappa shape index (κ2) is 8.07. The highest BCUT2D eigenvalue weighted by Crippen LogP contribution is 2.32. The molecule has 0 spiro atoms. The van der Waals surface area contributed by atoms with E-state index in [0.29, 0.717) is 30.4 Å². The van der Waals surface area contributed by atoms with E-state index in [4.69, 9.17) is 9.47 Å². The van der Waals surface area contributed by atoms with Crippen molar-refractivity contribution in [3.05, 3.63) is 42.1 Å². The Balaban J connectivity index is 1.71. The van der Waals surface area contributed by atoms with Crippen molar-refractivity contribution >= 4 is 15.8 Å². The van der Waals surface area contributed by atoms with Crippen LogP contribution in [0.25, 0.3) is 0 Å². The minimum Gasteiger partial charge on any atom is -0.493 e. The first-order valence-corrected chi connectivity index (χ1v) is 10.1. The maximum Gasteiger partial charge on any atom is 0.417 e. The molecule has 0 atom stereocenters. The van der Waals surface area contributed by atoms with Crippen molar-refractivity contribution in [2.75, 3.05) is 45.3 Å². The molecule has 1 saturated heterocycles. The van der Waals surface area contributed by atoms with Gasteiger partial charge in [-0.1, -0.05) is 0 Å². The van der Waals surface area contributed by atoms with Crippen molar-refractivity contribution in [1.82, 2.24) is 9.29 Å². The van der Waals surface area contributed by atoms with Crippen LogP contribution < -0.4 is 14.4 Å². The van der Waals surface area contributed by atoms with Gasteiger partial charge < -0.3 is 14.4 Å². The van der Waals surface area contributed by atoms with E-state index in [2.05, 4.69) is 4.98 Å². The lowest BCUT2D eigenvalue weighted by Gasteiger charge is -2.34. The van der Waals surface area contributed by atoms with Gasteiger partial charge in [0.15, 0.2) is 11.5 Å². The average molecular weight is 431 g/mol. The quantitative estimate of drug-likeness (QED) is 0.725. The van der Waals surface area contributed by atoms with Crippen LogP contribution in [0.15, 0.2) is 41.4 Å². The van der Waals surface area contributed by atoms with Gasteiger partial charge in [-0.05, 0) is 24.3 Å². The first kappa shape index (κ1) is 21.2. The van der Waals surface area contributed by atoms with E-state index in [9.17, 15) is 21.6 Å². The number of sulfonamides is 1. The Morgan fingerprint density at radius 3 is 2.14 bits per heavy atom. The molecule has 1 fully saturated rings. The highest BCUT2D eigenvalue weighted by Gasteiger charge is 2.32. The standard InChI is InChI=1S/C18H20F3N3O4S/c1-27-15-5-4-14(11-16(15)28-2)29(25,26)24-9-7-23(8-10-24)17-6-3-13(12-22-17)18(19,20)21/h3-6,11-12H,7-10H2,1-2H3.